The molecule has 0 radical (unpaired) electrons. The third-order valence-corrected chi connectivity index (χ3v) is 6.82. The van der Waals surface area contributed by atoms with Crippen LogP contribution >= 0.6 is 0 Å². The van der Waals surface area contributed by atoms with Gasteiger partial charge in [0.05, 0.1) is 12.2 Å². The van der Waals surface area contributed by atoms with Gasteiger partial charge in [0, 0.05) is 42.8 Å². The van der Waals surface area contributed by atoms with Crippen LogP contribution in [-0.4, -0.2) is 41.5 Å². The number of hydrogen-bond acceptors (Lipinski definition) is 5. The van der Waals surface area contributed by atoms with Crippen molar-refractivity contribution in [2.24, 2.45) is 11.8 Å². The number of amides is 2. The van der Waals surface area contributed by atoms with Crippen molar-refractivity contribution in [1.82, 2.24) is 15.2 Å². The lowest BCUT2D eigenvalue weighted by Crippen LogP contribution is -2.40. The van der Waals surface area contributed by atoms with Crippen molar-refractivity contribution in [1.29, 1.82) is 0 Å². The molecule has 13 heteroatoms. The van der Waals surface area contributed by atoms with E-state index in [4.69, 9.17) is 0 Å². The molecule has 2 amide bonds. The second kappa shape index (κ2) is 12.7. The van der Waals surface area contributed by atoms with Crippen LogP contribution in [-0.2, 0) is 22.7 Å². The Morgan fingerprint density at radius 3 is 2.21 bits per heavy atom. The number of carbonyl (C=O) groups is 2. The van der Waals surface area contributed by atoms with E-state index in [-0.39, 0.29) is 42.0 Å². The molecule has 1 saturated carbocycles. The number of rotatable bonds is 9. The molecule has 42 heavy (non-hydrogen) atoms. The first-order chi connectivity index (χ1) is 19.8. The molecule has 1 aliphatic carbocycles. The Morgan fingerprint density at radius 1 is 0.905 bits per heavy atom. The van der Waals surface area contributed by atoms with Gasteiger partial charge in [-0.15, -0.1) is 26.3 Å². The van der Waals surface area contributed by atoms with Crippen molar-refractivity contribution >= 4 is 11.8 Å². The summed E-state index contributed by atoms with van der Waals surface area (Å²) in [6.45, 7) is 0.197. The number of carbonyl (C=O) groups excluding carboxylic acids is 2. The van der Waals surface area contributed by atoms with Crippen LogP contribution in [0.15, 0.2) is 66.9 Å². The average Bonchev–Trinajstić information content (AvgIpc) is 3.41. The largest absolute Gasteiger partial charge is 0.573 e. The van der Waals surface area contributed by atoms with Gasteiger partial charge in [0.25, 0.3) is 0 Å². The molecule has 7 nitrogen and oxygen atoms in total. The van der Waals surface area contributed by atoms with Gasteiger partial charge in [-0.1, -0.05) is 42.8 Å². The molecule has 2 aromatic carbocycles. The minimum absolute atomic E-state index is 0.0752. The standard InChI is InChI=1S/C29H27F6N3O4/c1-38(17-20-12-11-19(16-36-20)22-5-2-3-8-25(22)42-29(33,34)35)27(40)24-7-4-6-23(24)26(39)37-15-18-9-13-21(14-10-18)41-28(30,31)32/h2-3,5,8-14,16,23-24H,4,6-7,15,17H2,1H3,(H,37,39)/t23-,24?/m1/s1. The molecule has 1 aromatic heterocycles. The Balaban J connectivity index is 1.33. The summed E-state index contributed by atoms with van der Waals surface area (Å²) in [5.41, 5.74) is 1.69. The first-order valence-electron chi connectivity index (χ1n) is 13.0. The molecule has 0 saturated heterocycles. The highest BCUT2D eigenvalue weighted by molar-refractivity contribution is 5.88. The van der Waals surface area contributed by atoms with E-state index in [9.17, 15) is 35.9 Å². The maximum Gasteiger partial charge on any atom is 0.573 e. The number of aromatic nitrogens is 1. The smallest absolute Gasteiger partial charge is 0.406 e. The Kier molecular flexibility index (Phi) is 9.27. The molecule has 0 spiro atoms. The Morgan fingerprint density at radius 2 is 1.57 bits per heavy atom. The summed E-state index contributed by atoms with van der Waals surface area (Å²) in [5.74, 6) is -2.40. The van der Waals surface area contributed by atoms with E-state index >= 15 is 0 Å². The third kappa shape index (κ3) is 8.37. The monoisotopic (exact) mass is 595 g/mol. The zero-order valence-corrected chi connectivity index (χ0v) is 22.3. The summed E-state index contributed by atoms with van der Waals surface area (Å²) >= 11 is 0. The highest BCUT2D eigenvalue weighted by Gasteiger charge is 2.39. The van der Waals surface area contributed by atoms with E-state index in [0.29, 0.717) is 36.1 Å². The fraction of sp³-hybridized carbons (Fsp3) is 0.345. The fourth-order valence-electron chi connectivity index (χ4n) is 4.90. The first-order valence-corrected chi connectivity index (χ1v) is 13.0. The molecule has 224 valence electrons. The zero-order valence-electron chi connectivity index (χ0n) is 22.3. The SMILES string of the molecule is CN(Cc1ccc(-c2ccccc2OC(F)(F)F)cn1)C(=O)C1CCC[C@H]1C(=O)NCc1ccc(OC(F)(F)F)cc1. The minimum atomic E-state index is -4.85. The number of nitrogens with one attached hydrogen (secondary N) is 1. The molecule has 0 bridgehead atoms. The van der Waals surface area contributed by atoms with Gasteiger partial charge in [0.15, 0.2) is 0 Å². The average molecular weight is 596 g/mol. The molecule has 1 aliphatic rings. The summed E-state index contributed by atoms with van der Waals surface area (Å²) in [4.78, 5) is 31.9. The topological polar surface area (TPSA) is 80.8 Å². The predicted octanol–water partition coefficient (Wildman–Crippen LogP) is 6.24. The van der Waals surface area contributed by atoms with Gasteiger partial charge in [0.1, 0.15) is 11.5 Å². The van der Waals surface area contributed by atoms with Crippen LogP contribution in [0.2, 0.25) is 0 Å². The van der Waals surface area contributed by atoms with Crippen LogP contribution in [0.25, 0.3) is 11.1 Å². The summed E-state index contributed by atoms with van der Waals surface area (Å²) in [6, 6.07) is 14.0. The van der Waals surface area contributed by atoms with Gasteiger partial charge in [-0.2, -0.15) is 0 Å². The van der Waals surface area contributed by atoms with Crippen LogP contribution in [0.5, 0.6) is 11.5 Å². The van der Waals surface area contributed by atoms with E-state index in [2.05, 4.69) is 19.8 Å². The Labute approximate surface area is 237 Å². The van der Waals surface area contributed by atoms with E-state index < -0.39 is 24.6 Å². The minimum Gasteiger partial charge on any atom is -0.406 e. The van der Waals surface area contributed by atoms with Crippen LogP contribution in [0.3, 0.4) is 0 Å². The molecule has 2 atom stereocenters. The van der Waals surface area contributed by atoms with Crippen molar-refractivity contribution in [3.63, 3.8) is 0 Å². The van der Waals surface area contributed by atoms with E-state index in [1.165, 1.54) is 41.4 Å². The molecule has 0 aliphatic heterocycles. The number of pyridine rings is 1. The van der Waals surface area contributed by atoms with Gasteiger partial charge < -0.3 is 19.7 Å². The van der Waals surface area contributed by atoms with Gasteiger partial charge in [-0.3, -0.25) is 14.6 Å². The number of alkyl halides is 6. The fourth-order valence-corrected chi connectivity index (χ4v) is 4.90. The van der Waals surface area contributed by atoms with Crippen molar-refractivity contribution < 1.29 is 45.4 Å². The molecule has 1 fully saturated rings. The van der Waals surface area contributed by atoms with Gasteiger partial charge in [-0.25, -0.2) is 0 Å². The van der Waals surface area contributed by atoms with Crippen molar-refractivity contribution in [3.8, 4) is 22.6 Å². The van der Waals surface area contributed by atoms with Gasteiger partial charge >= 0.3 is 12.7 Å². The highest BCUT2D eigenvalue weighted by Crippen LogP contribution is 2.35. The van der Waals surface area contributed by atoms with Crippen LogP contribution in [0.1, 0.15) is 30.5 Å². The third-order valence-electron chi connectivity index (χ3n) is 6.82. The van der Waals surface area contributed by atoms with E-state index in [1.54, 1.807) is 25.2 Å². The Hall–Kier alpha value is -4.29. The van der Waals surface area contributed by atoms with Gasteiger partial charge in [-0.05, 0) is 42.7 Å². The number of ether oxygens (including phenoxy) is 2. The summed E-state index contributed by atoms with van der Waals surface area (Å²) < 4.78 is 83.3. The predicted molar refractivity (Wildman–Crippen MR) is 139 cm³/mol. The van der Waals surface area contributed by atoms with E-state index in [1.807, 2.05) is 0 Å². The first kappa shape index (κ1) is 30.7. The maximum absolute atomic E-state index is 13.2. The molecule has 3 aromatic rings. The van der Waals surface area contributed by atoms with Crippen LogP contribution in [0, 0.1) is 11.8 Å². The van der Waals surface area contributed by atoms with Crippen molar-refractivity contribution in [2.75, 3.05) is 7.05 Å². The number of para-hydroxylation sites is 1. The molecule has 1 N–H and O–H groups in total. The summed E-state index contributed by atoms with van der Waals surface area (Å²) in [5, 5.41) is 2.76. The molecular formula is C29H27F6N3O4. The zero-order chi connectivity index (χ0) is 30.5. The summed E-state index contributed by atoms with van der Waals surface area (Å²) in [6.07, 6.45) is -6.53. The quantitative estimate of drug-likeness (QED) is 0.297. The summed E-state index contributed by atoms with van der Waals surface area (Å²) in [7, 11) is 1.59. The van der Waals surface area contributed by atoms with E-state index in [0.717, 1.165) is 12.1 Å². The molecular weight excluding hydrogens is 568 g/mol. The van der Waals surface area contributed by atoms with Crippen molar-refractivity contribution in [2.45, 2.75) is 45.1 Å². The molecule has 4 rings (SSSR count). The maximum atomic E-state index is 13.2. The van der Waals surface area contributed by atoms with Gasteiger partial charge in [0.2, 0.25) is 11.8 Å². The lowest BCUT2D eigenvalue weighted by Gasteiger charge is -2.24. The second-order valence-electron chi connectivity index (χ2n) is 9.83. The molecule has 1 unspecified atom stereocenters. The van der Waals surface area contributed by atoms with Crippen molar-refractivity contribution in [3.05, 3.63) is 78.1 Å². The number of benzene rings is 2. The lowest BCUT2D eigenvalue weighted by molar-refractivity contribution is -0.275. The number of hydrogen-bond donors (Lipinski definition) is 1. The highest BCUT2D eigenvalue weighted by atomic mass is 19.4. The second-order valence-corrected chi connectivity index (χ2v) is 9.83. The van der Waals surface area contributed by atoms with Crippen LogP contribution in [0.4, 0.5) is 26.3 Å². The Bertz CT molecular complexity index is 1380. The normalized spacial score (nSPS) is 17.0. The molecule has 1 heterocycles. The van der Waals surface area contributed by atoms with Crippen LogP contribution < -0.4 is 14.8 Å². The lowest BCUT2D eigenvalue weighted by atomic mass is 9.93. The number of halogens is 6. The number of nitrogens with zero attached hydrogens (tertiary/aromatic N) is 2.